The number of aliphatic hydroxyl groups excluding tert-OH is 1. The third-order valence-electron chi connectivity index (χ3n) is 2.10. The van der Waals surface area contributed by atoms with E-state index < -0.39 is 0 Å². The Morgan fingerprint density at radius 3 is 2.77 bits per heavy atom. The zero-order valence-electron chi connectivity index (χ0n) is 7.72. The molecule has 0 saturated carbocycles. The second-order valence-corrected chi connectivity index (χ2v) is 2.83. The minimum Gasteiger partial charge on any atom is -0.737 e. The van der Waals surface area contributed by atoms with Crippen molar-refractivity contribution in [2.24, 2.45) is 5.28 Å². The number of hydrogen-bond donors (Lipinski definition) is 1. The van der Waals surface area contributed by atoms with Crippen LogP contribution in [0.3, 0.4) is 0 Å². The van der Waals surface area contributed by atoms with Gasteiger partial charge in [0.2, 0.25) is 0 Å². The Bertz CT molecular complexity index is 179. The van der Waals surface area contributed by atoms with Gasteiger partial charge in [-0.25, -0.2) is 0 Å². The fourth-order valence-corrected chi connectivity index (χ4v) is 1.44. The molecule has 1 aliphatic heterocycles. The van der Waals surface area contributed by atoms with Gasteiger partial charge in [0, 0.05) is 4.97 Å². The zero-order chi connectivity index (χ0) is 8.97. The van der Waals surface area contributed by atoms with Gasteiger partial charge in [-0.15, -0.1) is 5.01 Å². The Morgan fingerprint density at radius 1 is 1.54 bits per heavy atom. The molecule has 1 atom stereocenters. The average Bonchev–Trinajstić information content (AvgIpc) is 2.16. The summed E-state index contributed by atoms with van der Waals surface area (Å²) in [5.41, 5.74) is 0. The zero-order valence-corrected chi connectivity index (χ0v) is 9.72. The number of rotatable bonds is 2. The van der Waals surface area contributed by atoms with E-state index in [0.29, 0.717) is 6.54 Å². The van der Waals surface area contributed by atoms with Gasteiger partial charge in [0.15, 0.2) is 0 Å². The molecule has 1 fully saturated rings. The molecule has 0 aromatic heterocycles. The first-order valence-corrected chi connectivity index (χ1v) is 3.97. The van der Waals surface area contributed by atoms with Crippen LogP contribution in [0.4, 0.5) is 0 Å². The van der Waals surface area contributed by atoms with Gasteiger partial charge in [-0.05, 0) is 24.5 Å². The second-order valence-electron chi connectivity index (χ2n) is 2.83. The van der Waals surface area contributed by atoms with E-state index in [0.717, 1.165) is 19.3 Å². The topological polar surface area (TPSA) is 85.0 Å². The molecule has 1 rings (SSSR count). The molecule has 1 heterocycles. The summed E-state index contributed by atoms with van der Waals surface area (Å²) < 4.78 is 0. The van der Waals surface area contributed by atoms with Crippen LogP contribution in [0.5, 0.6) is 0 Å². The molecule has 0 spiro atoms. The third kappa shape index (κ3) is 3.30. The first kappa shape index (κ1) is 13.0. The van der Waals surface area contributed by atoms with Crippen LogP contribution < -0.4 is 29.6 Å². The molecular formula is C6H12N3NaO3. The van der Waals surface area contributed by atoms with Gasteiger partial charge in [0.25, 0.3) is 0 Å². The molecule has 0 aliphatic carbocycles. The Hall–Kier alpha value is -0.0400. The fraction of sp³-hybridized carbons (Fsp3) is 1.00. The van der Waals surface area contributed by atoms with Crippen LogP contribution in [0.2, 0.25) is 0 Å². The summed E-state index contributed by atoms with van der Waals surface area (Å²) in [5, 5.41) is 33.1. The van der Waals surface area contributed by atoms with Crippen molar-refractivity contribution in [3.8, 4) is 0 Å². The van der Waals surface area contributed by atoms with Gasteiger partial charge in [0.05, 0.1) is 13.2 Å². The normalized spacial score (nSPS) is 23.9. The molecule has 0 amide bonds. The number of nitrogens with zero attached hydrogens (tertiary/aromatic N) is 3. The van der Waals surface area contributed by atoms with E-state index in [1.165, 1.54) is 5.01 Å². The molecular weight excluding hydrogens is 185 g/mol. The Balaban J connectivity index is 0.00000144. The van der Waals surface area contributed by atoms with Gasteiger partial charge in [-0.3, -0.25) is 0 Å². The van der Waals surface area contributed by atoms with Crippen LogP contribution in [-0.2, 0) is 0 Å². The molecule has 1 N–H and O–H groups in total. The Kier molecular flexibility index (Phi) is 6.40. The van der Waals surface area contributed by atoms with Crippen LogP contribution in [0.25, 0.3) is 0 Å². The molecule has 0 radical (unpaired) electrons. The molecule has 7 heteroatoms. The molecule has 70 valence electrons. The maximum Gasteiger partial charge on any atom is 1.00 e. The van der Waals surface area contributed by atoms with E-state index in [1.807, 2.05) is 0 Å². The van der Waals surface area contributed by atoms with Crippen molar-refractivity contribution >= 4 is 0 Å². The van der Waals surface area contributed by atoms with Gasteiger partial charge in [0.1, 0.15) is 6.04 Å². The van der Waals surface area contributed by atoms with Crippen LogP contribution in [0, 0.1) is 10.4 Å². The number of hydrazine groups is 1. The molecule has 1 saturated heterocycles. The van der Waals surface area contributed by atoms with Crippen LogP contribution in [0.15, 0.2) is 5.28 Å². The maximum absolute atomic E-state index is 10.8. The standard InChI is InChI=1S/C6H13N3O3.Na/c10-5-6-3-1-2-4-8(6)9(12)7-11;/h6,10-11H,1-5H2;/q;+1/p-1/b9-7+;. The van der Waals surface area contributed by atoms with E-state index in [9.17, 15) is 10.4 Å². The van der Waals surface area contributed by atoms with E-state index >= 15 is 0 Å². The average molecular weight is 197 g/mol. The van der Waals surface area contributed by atoms with E-state index in [1.54, 1.807) is 0 Å². The van der Waals surface area contributed by atoms with Crippen LogP contribution in [-0.4, -0.2) is 34.3 Å². The van der Waals surface area contributed by atoms with Gasteiger partial charge >= 0.3 is 29.6 Å². The molecule has 6 nitrogen and oxygen atoms in total. The summed E-state index contributed by atoms with van der Waals surface area (Å²) in [6.07, 6.45) is 2.59. The monoisotopic (exact) mass is 197 g/mol. The summed E-state index contributed by atoms with van der Waals surface area (Å²) in [6.45, 7) is 0.398. The van der Waals surface area contributed by atoms with Crippen molar-refractivity contribution in [2.45, 2.75) is 25.3 Å². The van der Waals surface area contributed by atoms with Crippen molar-refractivity contribution in [2.75, 3.05) is 13.2 Å². The fourth-order valence-electron chi connectivity index (χ4n) is 1.44. The smallest absolute Gasteiger partial charge is 0.737 e. The molecule has 0 bridgehead atoms. The van der Waals surface area contributed by atoms with Crippen molar-refractivity contribution in [3.05, 3.63) is 10.4 Å². The Morgan fingerprint density at radius 2 is 2.23 bits per heavy atom. The van der Waals surface area contributed by atoms with Gasteiger partial charge < -0.3 is 15.5 Å². The summed E-state index contributed by atoms with van der Waals surface area (Å²) in [6, 6.07) is -0.242. The summed E-state index contributed by atoms with van der Waals surface area (Å²) in [7, 11) is 0. The van der Waals surface area contributed by atoms with E-state index in [-0.39, 0.29) is 47.2 Å². The predicted molar refractivity (Wildman–Crippen MR) is 40.9 cm³/mol. The molecule has 1 aliphatic rings. The largest absolute Gasteiger partial charge is 1.00 e. The molecule has 0 aromatic carbocycles. The first-order chi connectivity index (χ1) is 5.79. The summed E-state index contributed by atoms with van der Waals surface area (Å²) >= 11 is 0. The van der Waals surface area contributed by atoms with E-state index in [2.05, 4.69) is 5.28 Å². The second kappa shape index (κ2) is 6.42. The minimum absolute atomic E-state index is 0. The number of aliphatic hydroxyl groups is 1. The summed E-state index contributed by atoms with van der Waals surface area (Å²) in [4.78, 5) is 0.0278. The van der Waals surface area contributed by atoms with Crippen molar-refractivity contribution in [3.63, 3.8) is 0 Å². The van der Waals surface area contributed by atoms with Crippen LogP contribution in [0.1, 0.15) is 19.3 Å². The molecule has 1 unspecified atom stereocenters. The van der Waals surface area contributed by atoms with Crippen LogP contribution >= 0.6 is 0 Å². The van der Waals surface area contributed by atoms with Gasteiger partial charge in [-0.2, -0.15) is 0 Å². The van der Waals surface area contributed by atoms with Crippen molar-refractivity contribution < 1.29 is 39.6 Å². The van der Waals surface area contributed by atoms with Gasteiger partial charge in [-0.1, -0.05) is 0 Å². The van der Waals surface area contributed by atoms with Crippen molar-refractivity contribution in [1.29, 1.82) is 0 Å². The molecule has 13 heavy (non-hydrogen) atoms. The quantitative estimate of drug-likeness (QED) is 0.224. The maximum atomic E-state index is 10.8. The summed E-state index contributed by atoms with van der Waals surface area (Å²) in [5.74, 6) is 0. The Labute approximate surface area is 98.6 Å². The third-order valence-corrected chi connectivity index (χ3v) is 2.10. The first-order valence-electron chi connectivity index (χ1n) is 3.97. The number of piperidine rings is 1. The van der Waals surface area contributed by atoms with E-state index in [4.69, 9.17) is 5.11 Å². The number of hydrogen-bond acceptors (Lipinski definition) is 4. The SMILES string of the molecule is [Na+].[O-]/N=[N+](/[O-])N1CCCCC1CO. The predicted octanol–water partition coefficient (Wildman–Crippen LogP) is -2.79. The molecule has 0 aromatic rings. The van der Waals surface area contributed by atoms with Crippen molar-refractivity contribution in [1.82, 2.24) is 5.01 Å². The minimum atomic E-state index is -0.242.